The zero-order valence-corrected chi connectivity index (χ0v) is 13.4. The van der Waals surface area contributed by atoms with Crippen LogP contribution in [0.15, 0.2) is 42.5 Å². The third-order valence-corrected chi connectivity index (χ3v) is 3.86. The maximum absolute atomic E-state index is 6.30. The minimum absolute atomic E-state index is 0.0207. The summed E-state index contributed by atoms with van der Waals surface area (Å²) in [6.07, 6.45) is 0.764. The van der Waals surface area contributed by atoms with E-state index in [0.717, 1.165) is 23.3 Å². The standard InChI is InChI=1S/C19H25NO/c1-5-17(20)19(16-10-7-13(2)8-11-16)21-18-12-14(3)6-9-15(18)4/h6-12,17,19H,5,20H2,1-4H3. The van der Waals surface area contributed by atoms with E-state index < -0.39 is 0 Å². The fourth-order valence-electron chi connectivity index (χ4n) is 2.34. The van der Waals surface area contributed by atoms with Gasteiger partial charge in [-0.15, -0.1) is 0 Å². The van der Waals surface area contributed by atoms with Crippen LogP contribution in [-0.4, -0.2) is 6.04 Å². The minimum atomic E-state index is -0.115. The summed E-state index contributed by atoms with van der Waals surface area (Å²) in [4.78, 5) is 0. The lowest BCUT2D eigenvalue weighted by Crippen LogP contribution is -2.31. The van der Waals surface area contributed by atoms with Gasteiger partial charge in [-0.05, 0) is 49.9 Å². The minimum Gasteiger partial charge on any atom is -0.484 e. The molecule has 112 valence electrons. The summed E-state index contributed by atoms with van der Waals surface area (Å²) >= 11 is 0. The van der Waals surface area contributed by atoms with Crippen molar-refractivity contribution < 1.29 is 4.74 Å². The van der Waals surface area contributed by atoms with E-state index in [-0.39, 0.29) is 12.1 Å². The summed E-state index contributed by atoms with van der Waals surface area (Å²) in [6.45, 7) is 8.33. The number of hydrogen-bond acceptors (Lipinski definition) is 2. The first-order chi connectivity index (χ1) is 10.0. The van der Waals surface area contributed by atoms with Crippen molar-refractivity contribution in [2.75, 3.05) is 0 Å². The molecular weight excluding hydrogens is 258 g/mol. The van der Waals surface area contributed by atoms with E-state index in [2.05, 4.69) is 70.2 Å². The number of ether oxygens (including phenoxy) is 1. The number of nitrogens with two attached hydrogens (primary N) is 1. The summed E-state index contributed by atoms with van der Waals surface area (Å²) < 4.78 is 6.28. The second-order valence-corrected chi connectivity index (χ2v) is 5.79. The van der Waals surface area contributed by atoms with Crippen LogP contribution in [0.5, 0.6) is 5.75 Å². The molecule has 2 unspecified atom stereocenters. The lowest BCUT2D eigenvalue weighted by Gasteiger charge is -2.26. The lowest BCUT2D eigenvalue weighted by molar-refractivity contribution is 0.170. The molecule has 2 N–H and O–H groups in total. The molecule has 21 heavy (non-hydrogen) atoms. The van der Waals surface area contributed by atoms with Gasteiger partial charge in [0.05, 0.1) is 0 Å². The molecule has 0 amide bonds. The van der Waals surface area contributed by atoms with E-state index in [1.807, 2.05) is 0 Å². The third-order valence-electron chi connectivity index (χ3n) is 3.86. The van der Waals surface area contributed by atoms with Gasteiger partial charge in [0, 0.05) is 6.04 Å². The van der Waals surface area contributed by atoms with Gasteiger partial charge in [0.2, 0.25) is 0 Å². The zero-order chi connectivity index (χ0) is 15.4. The Morgan fingerprint density at radius 2 is 1.57 bits per heavy atom. The molecule has 0 aliphatic rings. The largest absolute Gasteiger partial charge is 0.484 e. The van der Waals surface area contributed by atoms with Gasteiger partial charge in [-0.3, -0.25) is 0 Å². The summed E-state index contributed by atoms with van der Waals surface area (Å²) in [5.41, 5.74) is 11.0. The maximum atomic E-state index is 6.30. The smallest absolute Gasteiger partial charge is 0.139 e. The highest BCUT2D eigenvalue weighted by atomic mass is 16.5. The maximum Gasteiger partial charge on any atom is 0.139 e. The Morgan fingerprint density at radius 1 is 0.952 bits per heavy atom. The van der Waals surface area contributed by atoms with Crippen LogP contribution in [-0.2, 0) is 0 Å². The molecule has 2 aromatic rings. The molecule has 2 rings (SSSR count). The monoisotopic (exact) mass is 283 g/mol. The van der Waals surface area contributed by atoms with Crippen LogP contribution in [0, 0.1) is 20.8 Å². The summed E-state index contributed by atoms with van der Waals surface area (Å²) in [6, 6.07) is 14.7. The van der Waals surface area contributed by atoms with E-state index in [4.69, 9.17) is 10.5 Å². The van der Waals surface area contributed by atoms with Crippen molar-refractivity contribution in [3.05, 3.63) is 64.7 Å². The van der Waals surface area contributed by atoms with Crippen LogP contribution in [0.2, 0.25) is 0 Å². The molecule has 2 heteroatoms. The molecule has 0 bridgehead atoms. The highest BCUT2D eigenvalue weighted by Crippen LogP contribution is 2.28. The second-order valence-electron chi connectivity index (χ2n) is 5.79. The average Bonchev–Trinajstić information content (AvgIpc) is 2.48. The first kappa shape index (κ1) is 15.6. The summed E-state index contributed by atoms with van der Waals surface area (Å²) in [5.74, 6) is 0.921. The quantitative estimate of drug-likeness (QED) is 0.878. The van der Waals surface area contributed by atoms with Crippen molar-refractivity contribution in [3.63, 3.8) is 0 Å². The molecule has 0 heterocycles. The van der Waals surface area contributed by atoms with Crippen LogP contribution in [0.25, 0.3) is 0 Å². The zero-order valence-electron chi connectivity index (χ0n) is 13.4. The fraction of sp³-hybridized carbons (Fsp3) is 0.368. The van der Waals surface area contributed by atoms with Crippen LogP contribution in [0.3, 0.4) is 0 Å². The molecule has 2 nitrogen and oxygen atoms in total. The third kappa shape index (κ3) is 3.85. The van der Waals surface area contributed by atoms with E-state index >= 15 is 0 Å². The number of rotatable bonds is 5. The Kier molecular flexibility index (Phi) is 5.03. The number of benzene rings is 2. The predicted molar refractivity (Wildman–Crippen MR) is 88.7 cm³/mol. The fourth-order valence-corrected chi connectivity index (χ4v) is 2.34. The molecule has 0 spiro atoms. The van der Waals surface area contributed by atoms with Crippen molar-refractivity contribution in [3.8, 4) is 5.75 Å². The normalized spacial score (nSPS) is 13.8. The molecule has 0 aliphatic heterocycles. The van der Waals surface area contributed by atoms with Crippen molar-refractivity contribution in [2.45, 2.75) is 46.3 Å². The Morgan fingerprint density at radius 3 is 2.19 bits per heavy atom. The Bertz CT molecular complexity index is 589. The summed E-state index contributed by atoms with van der Waals surface area (Å²) in [7, 11) is 0. The van der Waals surface area contributed by atoms with Crippen LogP contribution >= 0.6 is 0 Å². The van der Waals surface area contributed by atoms with Gasteiger partial charge in [-0.25, -0.2) is 0 Å². The van der Waals surface area contributed by atoms with Gasteiger partial charge in [0.1, 0.15) is 11.9 Å². The number of hydrogen-bond donors (Lipinski definition) is 1. The second kappa shape index (κ2) is 6.77. The number of aryl methyl sites for hydroxylation is 3. The average molecular weight is 283 g/mol. The van der Waals surface area contributed by atoms with Crippen LogP contribution < -0.4 is 10.5 Å². The molecule has 0 fully saturated rings. The SMILES string of the molecule is CCC(N)C(Oc1cc(C)ccc1C)c1ccc(C)cc1. The molecule has 0 aliphatic carbocycles. The van der Waals surface area contributed by atoms with E-state index in [1.165, 1.54) is 11.1 Å². The van der Waals surface area contributed by atoms with E-state index in [0.29, 0.717) is 0 Å². The van der Waals surface area contributed by atoms with Gasteiger partial charge in [-0.1, -0.05) is 48.9 Å². The highest BCUT2D eigenvalue weighted by molar-refractivity contribution is 5.37. The summed E-state index contributed by atoms with van der Waals surface area (Å²) in [5, 5.41) is 0. The van der Waals surface area contributed by atoms with Gasteiger partial charge in [-0.2, -0.15) is 0 Å². The molecule has 0 saturated carbocycles. The Hall–Kier alpha value is -1.80. The van der Waals surface area contributed by atoms with Crippen LogP contribution in [0.4, 0.5) is 0 Å². The molecular formula is C19H25NO. The highest BCUT2D eigenvalue weighted by Gasteiger charge is 2.21. The van der Waals surface area contributed by atoms with E-state index in [9.17, 15) is 0 Å². The van der Waals surface area contributed by atoms with Gasteiger partial charge >= 0.3 is 0 Å². The van der Waals surface area contributed by atoms with Crippen molar-refractivity contribution >= 4 is 0 Å². The molecule has 2 atom stereocenters. The van der Waals surface area contributed by atoms with Crippen molar-refractivity contribution in [1.29, 1.82) is 0 Å². The van der Waals surface area contributed by atoms with Gasteiger partial charge in [0.15, 0.2) is 0 Å². The molecule has 2 aromatic carbocycles. The van der Waals surface area contributed by atoms with Gasteiger partial charge in [0.25, 0.3) is 0 Å². The van der Waals surface area contributed by atoms with Gasteiger partial charge < -0.3 is 10.5 Å². The molecule has 0 aromatic heterocycles. The topological polar surface area (TPSA) is 35.2 Å². The predicted octanol–water partition coefficient (Wildman–Crippen LogP) is 4.47. The Labute approximate surface area is 127 Å². The lowest BCUT2D eigenvalue weighted by atomic mass is 9.99. The molecule has 0 radical (unpaired) electrons. The first-order valence-corrected chi connectivity index (χ1v) is 7.57. The van der Waals surface area contributed by atoms with Crippen molar-refractivity contribution in [2.24, 2.45) is 5.73 Å². The Balaban J connectivity index is 2.32. The van der Waals surface area contributed by atoms with E-state index in [1.54, 1.807) is 0 Å². The molecule has 0 saturated heterocycles. The first-order valence-electron chi connectivity index (χ1n) is 7.57. The van der Waals surface area contributed by atoms with Crippen LogP contribution in [0.1, 0.15) is 41.7 Å². The van der Waals surface area contributed by atoms with Crippen molar-refractivity contribution in [1.82, 2.24) is 0 Å².